The molecule has 1 N–H and O–H groups in total. The van der Waals surface area contributed by atoms with Crippen molar-refractivity contribution in [1.82, 2.24) is 19.8 Å². The number of carbonyl (C=O) groups excluding carboxylic acids is 1. The Balaban J connectivity index is 1.93. The first kappa shape index (κ1) is 16.9. The van der Waals surface area contributed by atoms with Crippen molar-refractivity contribution >= 4 is 28.5 Å². The van der Waals surface area contributed by atoms with Crippen LogP contribution in [0.2, 0.25) is 5.15 Å². The van der Waals surface area contributed by atoms with E-state index in [1.807, 2.05) is 45.9 Å². The maximum absolute atomic E-state index is 13.2. The lowest BCUT2D eigenvalue weighted by Crippen LogP contribution is -2.46. The van der Waals surface area contributed by atoms with Crippen LogP contribution < -0.4 is 10.1 Å². The summed E-state index contributed by atoms with van der Waals surface area (Å²) in [5.41, 5.74) is 2.64. The van der Waals surface area contributed by atoms with E-state index >= 15 is 0 Å². The SMILES string of the molecule is COc1ccc2c(n1)c(C(=O)N1CCNCC1)c(Cl)n2-c1ccccc1. The Morgan fingerprint density at radius 3 is 2.58 bits per heavy atom. The van der Waals surface area contributed by atoms with Gasteiger partial charge >= 0.3 is 0 Å². The number of aromatic nitrogens is 2. The minimum Gasteiger partial charge on any atom is -0.481 e. The molecular weight excluding hydrogens is 352 g/mol. The molecule has 4 rings (SSSR count). The van der Waals surface area contributed by atoms with E-state index in [4.69, 9.17) is 16.3 Å². The highest BCUT2D eigenvalue weighted by Crippen LogP contribution is 2.34. The molecule has 7 heteroatoms. The fourth-order valence-electron chi connectivity index (χ4n) is 3.27. The third kappa shape index (κ3) is 2.81. The molecule has 1 aliphatic rings. The Morgan fingerprint density at radius 2 is 1.88 bits per heavy atom. The molecule has 0 unspecified atom stereocenters. The third-order valence-corrected chi connectivity index (χ3v) is 4.93. The smallest absolute Gasteiger partial charge is 0.259 e. The van der Waals surface area contributed by atoms with Crippen molar-refractivity contribution in [3.8, 4) is 11.6 Å². The van der Waals surface area contributed by atoms with E-state index < -0.39 is 0 Å². The fourth-order valence-corrected chi connectivity index (χ4v) is 3.63. The normalized spacial score (nSPS) is 14.6. The number of carbonyl (C=O) groups is 1. The number of para-hydroxylation sites is 1. The summed E-state index contributed by atoms with van der Waals surface area (Å²) in [5.74, 6) is 0.352. The summed E-state index contributed by atoms with van der Waals surface area (Å²) < 4.78 is 7.12. The molecule has 0 spiro atoms. The first-order valence-electron chi connectivity index (χ1n) is 8.51. The van der Waals surface area contributed by atoms with Gasteiger partial charge in [0.25, 0.3) is 5.91 Å². The first-order valence-corrected chi connectivity index (χ1v) is 8.89. The number of rotatable bonds is 3. The summed E-state index contributed by atoms with van der Waals surface area (Å²) in [6.07, 6.45) is 0. The highest BCUT2D eigenvalue weighted by Gasteiger charge is 2.28. The molecule has 0 bridgehead atoms. The molecule has 1 saturated heterocycles. The lowest BCUT2D eigenvalue weighted by molar-refractivity contribution is 0.0737. The topological polar surface area (TPSA) is 59.4 Å². The molecule has 3 aromatic rings. The molecule has 134 valence electrons. The van der Waals surface area contributed by atoms with Crippen LogP contribution in [0.1, 0.15) is 10.4 Å². The van der Waals surface area contributed by atoms with Crippen molar-refractivity contribution < 1.29 is 9.53 Å². The summed E-state index contributed by atoms with van der Waals surface area (Å²) in [4.78, 5) is 19.5. The lowest BCUT2D eigenvalue weighted by Gasteiger charge is -2.27. The fraction of sp³-hybridized carbons (Fsp3) is 0.263. The number of fused-ring (bicyclic) bond motifs is 1. The number of ether oxygens (including phenoxy) is 1. The van der Waals surface area contributed by atoms with E-state index in [1.54, 1.807) is 13.2 Å². The van der Waals surface area contributed by atoms with Gasteiger partial charge in [-0.1, -0.05) is 29.8 Å². The van der Waals surface area contributed by atoms with Crippen molar-refractivity contribution in [2.75, 3.05) is 33.3 Å². The minimum atomic E-state index is -0.100. The van der Waals surface area contributed by atoms with Crippen molar-refractivity contribution in [2.24, 2.45) is 0 Å². The molecule has 3 heterocycles. The van der Waals surface area contributed by atoms with Gasteiger partial charge in [0.2, 0.25) is 5.88 Å². The Morgan fingerprint density at radius 1 is 1.15 bits per heavy atom. The summed E-state index contributed by atoms with van der Waals surface area (Å²) in [5, 5.41) is 3.63. The molecular formula is C19H19ClN4O2. The van der Waals surface area contributed by atoms with E-state index in [2.05, 4.69) is 10.3 Å². The van der Waals surface area contributed by atoms with E-state index in [1.165, 1.54) is 0 Å². The van der Waals surface area contributed by atoms with Crippen LogP contribution in [0.5, 0.6) is 5.88 Å². The van der Waals surface area contributed by atoms with Crippen LogP contribution in [-0.4, -0.2) is 53.6 Å². The van der Waals surface area contributed by atoms with Gasteiger partial charge in [0.1, 0.15) is 16.2 Å². The van der Waals surface area contributed by atoms with Crippen molar-refractivity contribution in [3.63, 3.8) is 0 Å². The predicted octanol–water partition coefficient (Wildman–Crippen LogP) is 2.73. The molecule has 0 saturated carbocycles. The van der Waals surface area contributed by atoms with Gasteiger partial charge in [-0.2, -0.15) is 0 Å². The van der Waals surface area contributed by atoms with Gasteiger partial charge in [0.05, 0.1) is 12.6 Å². The number of piperazine rings is 1. The minimum absolute atomic E-state index is 0.100. The molecule has 0 aliphatic carbocycles. The number of amides is 1. The molecule has 1 fully saturated rings. The summed E-state index contributed by atoms with van der Waals surface area (Å²) in [6.45, 7) is 2.85. The molecule has 0 atom stereocenters. The zero-order chi connectivity index (χ0) is 18.1. The highest BCUT2D eigenvalue weighted by molar-refractivity contribution is 6.35. The van der Waals surface area contributed by atoms with Gasteiger partial charge in [0, 0.05) is 37.9 Å². The van der Waals surface area contributed by atoms with Gasteiger partial charge < -0.3 is 15.0 Å². The Bertz CT molecular complexity index is 949. The van der Waals surface area contributed by atoms with Gasteiger partial charge in [0.15, 0.2) is 0 Å². The zero-order valence-electron chi connectivity index (χ0n) is 14.4. The van der Waals surface area contributed by atoms with Crippen molar-refractivity contribution in [1.29, 1.82) is 0 Å². The quantitative estimate of drug-likeness (QED) is 0.770. The number of hydrogen-bond acceptors (Lipinski definition) is 4. The Hall–Kier alpha value is -2.57. The standard InChI is InChI=1S/C19H19ClN4O2/c1-26-15-8-7-14-17(22-15)16(19(25)23-11-9-21-10-12-23)18(20)24(14)13-5-3-2-4-6-13/h2-8,21H,9-12H2,1H3. The second kappa shape index (κ2) is 6.97. The molecule has 1 amide bonds. The Labute approximate surface area is 156 Å². The highest BCUT2D eigenvalue weighted by atomic mass is 35.5. The van der Waals surface area contributed by atoms with Crippen LogP contribution in [0.4, 0.5) is 0 Å². The van der Waals surface area contributed by atoms with Crippen molar-refractivity contribution in [2.45, 2.75) is 0 Å². The molecule has 1 aromatic carbocycles. The molecule has 6 nitrogen and oxygen atoms in total. The lowest BCUT2D eigenvalue weighted by atomic mass is 10.2. The van der Waals surface area contributed by atoms with Crippen LogP contribution in [0.3, 0.4) is 0 Å². The number of pyridine rings is 1. The van der Waals surface area contributed by atoms with Crippen LogP contribution >= 0.6 is 11.6 Å². The van der Waals surface area contributed by atoms with Gasteiger partial charge in [-0.15, -0.1) is 0 Å². The molecule has 26 heavy (non-hydrogen) atoms. The third-order valence-electron chi connectivity index (χ3n) is 4.57. The van der Waals surface area contributed by atoms with Crippen LogP contribution in [0, 0.1) is 0 Å². The second-order valence-corrected chi connectivity index (χ2v) is 6.46. The average Bonchev–Trinajstić information content (AvgIpc) is 2.99. The van der Waals surface area contributed by atoms with E-state index in [0.717, 1.165) is 24.3 Å². The molecule has 1 aliphatic heterocycles. The van der Waals surface area contributed by atoms with Crippen LogP contribution in [-0.2, 0) is 0 Å². The number of halogens is 1. The summed E-state index contributed by atoms with van der Waals surface area (Å²) in [7, 11) is 1.56. The van der Waals surface area contributed by atoms with E-state index in [9.17, 15) is 4.79 Å². The number of methoxy groups -OCH3 is 1. The van der Waals surface area contributed by atoms with E-state index in [-0.39, 0.29) is 5.91 Å². The average molecular weight is 371 g/mol. The maximum atomic E-state index is 13.2. The van der Waals surface area contributed by atoms with Gasteiger partial charge in [-0.05, 0) is 18.2 Å². The predicted molar refractivity (Wildman–Crippen MR) is 101 cm³/mol. The monoisotopic (exact) mass is 370 g/mol. The summed E-state index contributed by atoms with van der Waals surface area (Å²) >= 11 is 6.72. The van der Waals surface area contributed by atoms with Crippen LogP contribution in [0.25, 0.3) is 16.7 Å². The zero-order valence-corrected chi connectivity index (χ0v) is 15.2. The Kier molecular flexibility index (Phi) is 4.53. The summed E-state index contributed by atoms with van der Waals surface area (Å²) in [6, 6.07) is 13.4. The van der Waals surface area contributed by atoms with E-state index in [0.29, 0.717) is 35.2 Å². The molecule has 0 radical (unpaired) electrons. The van der Waals surface area contributed by atoms with Crippen molar-refractivity contribution in [3.05, 3.63) is 53.2 Å². The van der Waals surface area contributed by atoms with Gasteiger partial charge in [-0.25, -0.2) is 4.98 Å². The molecule has 2 aromatic heterocycles. The van der Waals surface area contributed by atoms with Gasteiger partial charge in [-0.3, -0.25) is 9.36 Å². The number of nitrogens with zero attached hydrogens (tertiary/aromatic N) is 3. The van der Waals surface area contributed by atoms with Crippen LogP contribution in [0.15, 0.2) is 42.5 Å². The largest absolute Gasteiger partial charge is 0.481 e. The number of benzene rings is 1. The number of nitrogens with one attached hydrogen (secondary N) is 1. The number of hydrogen-bond donors (Lipinski definition) is 1. The second-order valence-electron chi connectivity index (χ2n) is 6.10. The first-order chi connectivity index (χ1) is 12.7. The maximum Gasteiger partial charge on any atom is 0.259 e.